The summed E-state index contributed by atoms with van der Waals surface area (Å²) in [5.41, 5.74) is 2.78. The van der Waals surface area contributed by atoms with Gasteiger partial charge in [-0.15, -0.1) is 0 Å². The Morgan fingerprint density at radius 3 is 1.55 bits per heavy atom. The maximum absolute atomic E-state index is 13.2. The molecule has 0 saturated heterocycles. The van der Waals surface area contributed by atoms with E-state index in [1.165, 1.54) is 12.4 Å². The SMILES string of the molecule is CC(C)NC(=O)c1ccc(COc2cc(F)cc(F)c2)nc1.O=C(NC1(c2ccccc2)CCC1)c1ccc(COc2cc(F)cc(F)c2)nc1. The molecule has 1 aliphatic rings. The zero-order valence-corrected chi connectivity index (χ0v) is 28.0. The normalized spacial score (nSPS) is 12.9. The quantitative estimate of drug-likeness (QED) is 0.136. The second kappa shape index (κ2) is 16.8. The molecule has 2 amide bonds. The number of hydrogen-bond acceptors (Lipinski definition) is 6. The third-order valence-electron chi connectivity index (χ3n) is 7.93. The molecule has 0 bridgehead atoms. The molecule has 1 aliphatic carbocycles. The molecule has 1 fully saturated rings. The van der Waals surface area contributed by atoms with Crippen LogP contribution in [0.25, 0.3) is 0 Å². The van der Waals surface area contributed by atoms with Crippen molar-refractivity contribution in [2.75, 3.05) is 0 Å². The third-order valence-corrected chi connectivity index (χ3v) is 7.93. The average molecular weight is 701 g/mol. The molecule has 3 aromatic carbocycles. The van der Waals surface area contributed by atoms with Gasteiger partial charge >= 0.3 is 0 Å². The van der Waals surface area contributed by atoms with Gasteiger partial charge in [0.2, 0.25) is 0 Å². The number of aromatic nitrogens is 2. The van der Waals surface area contributed by atoms with E-state index in [9.17, 15) is 27.2 Å². The number of carbonyl (C=O) groups is 2. The van der Waals surface area contributed by atoms with Crippen molar-refractivity contribution < 1.29 is 36.6 Å². The third kappa shape index (κ3) is 10.4. The van der Waals surface area contributed by atoms with Crippen LogP contribution in [0.15, 0.2) is 103 Å². The Morgan fingerprint density at radius 1 is 0.686 bits per heavy atom. The summed E-state index contributed by atoms with van der Waals surface area (Å²) < 4.78 is 63.1. The number of nitrogens with zero attached hydrogens (tertiary/aromatic N) is 2. The number of halogens is 4. The molecule has 2 aromatic heterocycles. The fraction of sp³-hybridized carbons (Fsp3) is 0.231. The molecule has 0 radical (unpaired) electrons. The van der Waals surface area contributed by atoms with Crippen molar-refractivity contribution in [1.29, 1.82) is 0 Å². The van der Waals surface area contributed by atoms with Gasteiger partial charge in [0.15, 0.2) is 0 Å². The summed E-state index contributed by atoms with van der Waals surface area (Å²) in [5.74, 6) is -3.04. The summed E-state index contributed by atoms with van der Waals surface area (Å²) in [7, 11) is 0. The molecule has 6 rings (SSSR count). The number of carbonyl (C=O) groups excluding carboxylic acids is 2. The molecule has 0 atom stereocenters. The lowest BCUT2D eigenvalue weighted by Gasteiger charge is -2.43. The van der Waals surface area contributed by atoms with Crippen LogP contribution in [0.3, 0.4) is 0 Å². The van der Waals surface area contributed by atoms with E-state index in [1.807, 2.05) is 44.2 Å². The maximum Gasteiger partial charge on any atom is 0.253 e. The molecule has 1 saturated carbocycles. The van der Waals surface area contributed by atoms with Gasteiger partial charge < -0.3 is 20.1 Å². The van der Waals surface area contributed by atoms with Crippen molar-refractivity contribution >= 4 is 11.8 Å². The highest BCUT2D eigenvalue weighted by Crippen LogP contribution is 2.41. The van der Waals surface area contributed by atoms with Crippen molar-refractivity contribution in [3.8, 4) is 11.5 Å². The summed E-state index contributed by atoms with van der Waals surface area (Å²) in [5, 5.41) is 5.91. The van der Waals surface area contributed by atoms with Crippen LogP contribution in [0.5, 0.6) is 11.5 Å². The van der Waals surface area contributed by atoms with E-state index in [4.69, 9.17) is 9.47 Å². The van der Waals surface area contributed by atoms with Crippen LogP contribution in [-0.2, 0) is 18.8 Å². The first-order valence-electron chi connectivity index (χ1n) is 16.2. The van der Waals surface area contributed by atoms with Crippen LogP contribution >= 0.6 is 0 Å². The zero-order valence-electron chi connectivity index (χ0n) is 28.0. The minimum absolute atomic E-state index is 0.0402. The van der Waals surface area contributed by atoms with E-state index < -0.39 is 23.3 Å². The van der Waals surface area contributed by atoms with Gasteiger partial charge in [-0.05, 0) is 62.9 Å². The molecule has 0 spiro atoms. The van der Waals surface area contributed by atoms with Crippen LogP contribution in [0, 0.1) is 23.3 Å². The molecule has 5 aromatic rings. The highest BCUT2D eigenvalue weighted by molar-refractivity contribution is 5.94. The van der Waals surface area contributed by atoms with E-state index in [2.05, 4.69) is 20.6 Å². The van der Waals surface area contributed by atoms with Crippen molar-refractivity contribution in [1.82, 2.24) is 20.6 Å². The number of ether oxygens (including phenoxy) is 2. The van der Waals surface area contributed by atoms with E-state index in [0.29, 0.717) is 22.5 Å². The number of pyridine rings is 2. The Balaban J connectivity index is 0.000000206. The number of benzene rings is 3. The van der Waals surface area contributed by atoms with Gasteiger partial charge in [0.25, 0.3) is 11.8 Å². The predicted molar refractivity (Wildman–Crippen MR) is 182 cm³/mol. The summed E-state index contributed by atoms with van der Waals surface area (Å²) in [6, 6.07) is 22.5. The molecule has 2 N–H and O–H groups in total. The van der Waals surface area contributed by atoms with Crippen LogP contribution in [0.4, 0.5) is 17.6 Å². The van der Waals surface area contributed by atoms with E-state index in [-0.39, 0.29) is 48.1 Å². The molecule has 2 heterocycles. The van der Waals surface area contributed by atoms with E-state index in [0.717, 1.165) is 61.2 Å². The Morgan fingerprint density at radius 2 is 1.16 bits per heavy atom. The van der Waals surface area contributed by atoms with Crippen LogP contribution in [-0.4, -0.2) is 27.8 Å². The topological polar surface area (TPSA) is 102 Å². The number of amides is 2. The average Bonchev–Trinajstić information content (AvgIpc) is 3.08. The molecule has 0 aliphatic heterocycles. The van der Waals surface area contributed by atoms with E-state index >= 15 is 0 Å². The molecule has 51 heavy (non-hydrogen) atoms. The summed E-state index contributed by atoms with van der Waals surface area (Å²) in [4.78, 5) is 32.8. The first-order valence-corrected chi connectivity index (χ1v) is 16.2. The van der Waals surface area contributed by atoms with Crippen LogP contribution < -0.4 is 20.1 Å². The van der Waals surface area contributed by atoms with Gasteiger partial charge in [0, 0.05) is 54.8 Å². The smallest absolute Gasteiger partial charge is 0.253 e. The second-order valence-corrected chi connectivity index (χ2v) is 12.2. The van der Waals surface area contributed by atoms with Gasteiger partial charge in [-0.1, -0.05) is 30.3 Å². The Labute approximate surface area is 292 Å². The van der Waals surface area contributed by atoms with Gasteiger partial charge in [0.1, 0.15) is 48.0 Å². The number of hydrogen-bond donors (Lipinski definition) is 2. The Hall–Kier alpha value is -5.78. The molecular formula is C39H36F4N4O4. The number of rotatable bonds is 11. The highest BCUT2D eigenvalue weighted by atomic mass is 19.1. The fourth-order valence-corrected chi connectivity index (χ4v) is 5.24. The van der Waals surface area contributed by atoms with Gasteiger partial charge in [-0.2, -0.15) is 0 Å². The largest absolute Gasteiger partial charge is 0.487 e. The minimum Gasteiger partial charge on any atom is -0.487 e. The van der Waals surface area contributed by atoms with Crippen LogP contribution in [0.2, 0.25) is 0 Å². The molecule has 12 heteroatoms. The lowest BCUT2D eigenvalue weighted by atomic mass is 9.71. The molecular weight excluding hydrogens is 664 g/mol. The van der Waals surface area contributed by atoms with E-state index in [1.54, 1.807) is 24.3 Å². The van der Waals surface area contributed by atoms with Crippen molar-refractivity contribution in [3.63, 3.8) is 0 Å². The van der Waals surface area contributed by atoms with Crippen molar-refractivity contribution in [2.45, 2.75) is 57.9 Å². The van der Waals surface area contributed by atoms with Gasteiger partial charge in [-0.3, -0.25) is 19.6 Å². The van der Waals surface area contributed by atoms with Gasteiger partial charge in [-0.25, -0.2) is 17.6 Å². The monoisotopic (exact) mass is 700 g/mol. The molecule has 0 unspecified atom stereocenters. The van der Waals surface area contributed by atoms with Crippen molar-refractivity contribution in [2.24, 2.45) is 0 Å². The maximum atomic E-state index is 13.2. The first kappa shape index (κ1) is 36.5. The lowest BCUT2D eigenvalue weighted by molar-refractivity contribution is 0.0822. The van der Waals surface area contributed by atoms with Crippen LogP contribution in [0.1, 0.15) is 70.8 Å². The number of nitrogens with one attached hydrogen (secondary N) is 2. The summed E-state index contributed by atoms with van der Waals surface area (Å²) in [6.45, 7) is 3.82. The Kier molecular flexibility index (Phi) is 12.0. The molecule has 264 valence electrons. The second-order valence-electron chi connectivity index (χ2n) is 12.2. The molecule has 8 nitrogen and oxygen atoms in total. The Bertz CT molecular complexity index is 1900. The fourth-order valence-electron chi connectivity index (χ4n) is 5.24. The standard InChI is InChI=1S/C23H20F2N2O2.C16H16F2N2O2/c24-18-11-19(25)13-21(12-18)29-15-20-8-7-16(14-26-20)22(28)27-23(9-4-10-23)17-5-2-1-3-6-17;1-10(2)20-16(21)11-3-4-14(19-8-11)9-22-15-6-12(17)5-13(18)7-15/h1-3,5-8,11-14H,4,9-10,15H2,(H,27,28);3-8,10H,9H2,1-2H3,(H,20,21). The van der Waals surface area contributed by atoms with Crippen molar-refractivity contribution in [3.05, 3.63) is 155 Å². The van der Waals surface area contributed by atoms with Gasteiger partial charge in [0.05, 0.1) is 28.1 Å². The predicted octanol–water partition coefficient (Wildman–Crippen LogP) is 7.83. The highest BCUT2D eigenvalue weighted by Gasteiger charge is 2.40. The first-order chi connectivity index (χ1) is 24.5. The summed E-state index contributed by atoms with van der Waals surface area (Å²) >= 11 is 0. The zero-order chi connectivity index (χ0) is 36.4. The lowest BCUT2D eigenvalue weighted by Crippen LogP contribution is -2.50. The summed E-state index contributed by atoms with van der Waals surface area (Å²) in [6.07, 6.45) is 5.81. The minimum atomic E-state index is -0.705.